The number of pyridine rings is 1. The minimum atomic E-state index is 0. The molecule has 3 N–H and O–H groups in total. The quantitative estimate of drug-likeness (QED) is 0.416. The molecule has 0 aromatic carbocycles. The summed E-state index contributed by atoms with van der Waals surface area (Å²) in [5.74, 6) is 1.10. The van der Waals surface area contributed by atoms with Crippen LogP contribution in [0.4, 0.5) is 0 Å². The molecule has 7 heteroatoms. The highest BCUT2D eigenvalue weighted by atomic mass is 127. The normalized spacial score (nSPS) is 18.8. The molecule has 0 saturated carbocycles. The van der Waals surface area contributed by atoms with Gasteiger partial charge in [0.2, 0.25) is 5.88 Å². The van der Waals surface area contributed by atoms with Crippen molar-refractivity contribution in [2.45, 2.75) is 32.4 Å². The third-order valence-electron chi connectivity index (χ3n) is 3.86. The van der Waals surface area contributed by atoms with Gasteiger partial charge in [-0.3, -0.25) is 4.90 Å². The highest BCUT2D eigenvalue weighted by molar-refractivity contribution is 14.0. The molecule has 22 heavy (non-hydrogen) atoms. The second-order valence-electron chi connectivity index (χ2n) is 5.22. The molecule has 0 radical (unpaired) electrons. The number of rotatable bonds is 6. The summed E-state index contributed by atoms with van der Waals surface area (Å²) >= 11 is 0. The zero-order valence-electron chi connectivity index (χ0n) is 13.3. The van der Waals surface area contributed by atoms with Crippen LogP contribution in [0, 0.1) is 0 Å². The molecule has 1 saturated heterocycles. The SMILES string of the molecule is CCN1CCCC1CNC(N)=NCc1ccc(OC)nc1.I. The number of hydrogen-bond acceptors (Lipinski definition) is 4. The van der Waals surface area contributed by atoms with Crippen LogP contribution in [0.15, 0.2) is 23.3 Å². The van der Waals surface area contributed by atoms with E-state index in [9.17, 15) is 0 Å². The Morgan fingerprint density at radius 2 is 2.36 bits per heavy atom. The number of halogens is 1. The lowest BCUT2D eigenvalue weighted by atomic mass is 10.2. The zero-order valence-corrected chi connectivity index (χ0v) is 15.6. The molecule has 0 bridgehead atoms. The number of nitrogens with zero attached hydrogens (tertiary/aromatic N) is 3. The number of hydrogen-bond donors (Lipinski definition) is 2. The Bertz CT molecular complexity index is 466. The summed E-state index contributed by atoms with van der Waals surface area (Å²) < 4.78 is 5.02. The number of methoxy groups -OCH3 is 1. The minimum Gasteiger partial charge on any atom is -0.481 e. The number of ether oxygens (including phenoxy) is 1. The summed E-state index contributed by atoms with van der Waals surface area (Å²) in [5, 5.41) is 3.22. The fraction of sp³-hybridized carbons (Fsp3) is 0.600. The van der Waals surface area contributed by atoms with Gasteiger partial charge in [0.25, 0.3) is 0 Å². The standard InChI is InChI=1S/C15H25N5O.HI/c1-3-20-8-4-5-13(20)11-19-15(16)18-10-12-6-7-14(21-2)17-9-12;/h6-7,9,13H,3-5,8,10-11H2,1-2H3,(H3,16,18,19);1H. The number of nitrogens with one attached hydrogen (secondary N) is 1. The van der Waals surface area contributed by atoms with Crippen molar-refractivity contribution in [2.24, 2.45) is 10.7 Å². The van der Waals surface area contributed by atoms with Gasteiger partial charge in [-0.2, -0.15) is 0 Å². The van der Waals surface area contributed by atoms with E-state index < -0.39 is 0 Å². The fourth-order valence-corrected chi connectivity index (χ4v) is 2.62. The van der Waals surface area contributed by atoms with E-state index in [0.717, 1.165) is 18.7 Å². The van der Waals surface area contributed by atoms with E-state index in [1.165, 1.54) is 19.4 Å². The van der Waals surface area contributed by atoms with E-state index >= 15 is 0 Å². The van der Waals surface area contributed by atoms with Crippen LogP contribution >= 0.6 is 24.0 Å². The molecule has 2 heterocycles. The lowest BCUT2D eigenvalue weighted by Crippen LogP contribution is -2.42. The minimum absolute atomic E-state index is 0. The average molecular weight is 419 g/mol. The zero-order chi connectivity index (χ0) is 15.1. The molecule has 1 atom stereocenters. The summed E-state index contributed by atoms with van der Waals surface area (Å²) in [7, 11) is 1.60. The van der Waals surface area contributed by atoms with Crippen LogP contribution in [-0.4, -0.2) is 48.6 Å². The van der Waals surface area contributed by atoms with Gasteiger partial charge in [0.1, 0.15) is 0 Å². The molecule has 1 aliphatic heterocycles. The summed E-state index contributed by atoms with van der Waals surface area (Å²) in [5.41, 5.74) is 6.93. The molecule has 1 fully saturated rings. The monoisotopic (exact) mass is 419 g/mol. The van der Waals surface area contributed by atoms with Crippen LogP contribution in [0.5, 0.6) is 5.88 Å². The highest BCUT2D eigenvalue weighted by Gasteiger charge is 2.22. The van der Waals surface area contributed by atoms with E-state index in [4.69, 9.17) is 10.5 Å². The highest BCUT2D eigenvalue weighted by Crippen LogP contribution is 2.15. The van der Waals surface area contributed by atoms with Crippen molar-refractivity contribution in [1.29, 1.82) is 0 Å². The first-order valence-electron chi connectivity index (χ1n) is 7.49. The van der Waals surface area contributed by atoms with Gasteiger partial charge >= 0.3 is 0 Å². The van der Waals surface area contributed by atoms with Crippen molar-refractivity contribution in [2.75, 3.05) is 26.7 Å². The Balaban J connectivity index is 0.00000242. The van der Waals surface area contributed by atoms with E-state index in [2.05, 4.69) is 27.1 Å². The Hall–Kier alpha value is -1.09. The lowest BCUT2D eigenvalue weighted by Gasteiger charge is -2.23. The predicted molar refractivity (Wildman–Crippen MR) is 99.8 cm³/mol. The van der Waals surface area contributed by atoms with Crippen LogP contribution in [0.2, 0.25) is 0 Å². The molecule has 0 amide bonds. The Kier molecular flexibility index (Phi) is 8.47. The maximum atomic E-state index is 5.92. The van der Waals surface area contributed by atoms with Gasteiger partial charge in [-0.15, -0.1) is 24.0 Å². The van der Waals surface area contributed by atoms with Crippen LogP contribution in [0.3, 0.4) is 0 Å². The lowest BCUT2D eigenvalue weighted by molar-refractivity contribution is 0.267. The Morgan fingerprint density at radius 1 is 1.55 bits per heavy atom. The fourth-order valence-electron chi connectivity index (χ4n) is 2.62. The maximum absolute atomic E-state index is 5.92. The molecule has 1 aliphatic rings. The third-order valence-corrected chi connectivity index (χ3v) is 3.86. The number of aliphatic imine (C=N–C) groups is 1. The van der Waals surface area contributed by atoms with E-state index in [1.54, 1.807) is 13.3 Å². The van der Waals surface area contributed by atoms with E-state index in [0.29, 0.717) is 24.4 Å². The molecule has 124 valence electrons. The van der Waals surface area contributed by atoms with E-state index in [1.807, 2.05) is 12.1 Å². The van der Waals surface area contributed by atoms with Gasteiger partial charge in [-0.1, -0.05) is 13.0 Å². The predicted octanol–water partition coefficient (Wildman–Crippen LogP) is 1.60. The molecule has 1 aromatic rings. The van der Waals surface area contributed by atoms with Gasteiger partial charge in [0.15, 0.2) is 5.96 Å². The molecule has 1 aromatic heterocycles. The number of likely N-dealkylation sites (N-methyl/N-ethyl adjacent to an activating group) is 1. The van der Waals surface area contributed by atoms with Crippen LogP contribution < -0.4 is 15.8 Å². The van der Waals surface area contributed by atoms with Crippen molar-refractivity contribution in [1.82, 2.24) is 15.2 Å². The molecular formula is C15H26IN5O. The van der Waals surface area contributed by atoms with Gasteiger partial charge in [0, 0.05) is 24.8 Å². The first kappa shape index (κ1) is 19.0. The molecule has 6 nitrogen and oxygen atoms in total. The van der Waals surface area contributed by atoms with Crippen LogP contribution in [0.1, 0.15) is 25.3 Å². The molecule has 2 rings (SSSR count). The molecule has 0 spiro atoms. The van der Waals surface area contributed by atoms with Crippen molar-refractivity contribution in [3.05, 3.63) is 23.9 Å². The molecule has 1 unspecified atom stereocenters. The van der Waals surface area contributed by atoms with Crippen molar-refractivity contribution < 1.29 is 4.74 Å². The number of aromatic nitrogens is 1. The first-order chi connectivity index (χ1) is 10.2. The van der Waals surface area contributed by atoms with E-state index in [-0.39, 0.29) is 24.0 Å². The second kappa shape index (κ2) is 9.83. The molecular weight excluding hydrogens is 393 g/mol. The topological polar surface area (TPSA) is 75.8 Å². The van der Waals surface area contributed by atoms with Gasteiger partial charge in [-0.05, 0) is 31.5 Å². The van der Waals surface area contributed by atoms with Gasteiger partial charge in [0.05, 0.1) is 13.7 Å². The van der Waals surface area contributed by atoms with Crippen molar-refractivity contribution in [3.63, 3.8) is 0 Å². The number of nitrogens with two attached hydrogens (primary N) is 1. The summed E-state index contributed by atoms with van der Waals surface area (Å²) in [6.07, 6.45) is 4.26. The largest absolute Gasteiger partial charge is 0.481 e. The van der Waals surface area contributed by atoms with Gasteiger partial charge < -0.3 is 15.8 Å². The van der Waals surface area contributed by atoms with Crippen LogP contribution in [0.25, 0.3) is 0 Å². The Morgan fingerprint density at radius 3 is 3.00 bits per heavy atom. The smallest absolute Gasteiger partial charge is 0.212 e. The Labute approximate surface area is 149 Å². The number of guanidine groups is 1. The van der Waals surface area contributed by atoms with Crippen molar-refractivity contribution >= 4 is 29.9 Å². The maximum Gasteiger partial charge on any atom is 0.212 e. The summed E-state index contributed by atoms with van der Waals surface area (Å²) in [4.78, 5) is 11.0. The van der Waals surface area contributed by atoms with Gasteiger partial charge in [-0.25, -0.2) is 9.98 Å². The summed E-state index contributed by atoms with van der Waals surface area (Å²) in [6.45, 7) is 5.88. The second-order valence-corrected chi connectivity index (χ2v) is 5.22. The summed E-state index contributed by atoms with van der Waals surface area (Å²) in [6, 6.07) is 4.34. The number of likely N-dealkylation sites (tertiary alicyclic amines) is 1. The van der Waals surface area contributed by atoms with Crippen molar-refractivity contribution in [3.8, 4) is 5.88 Å². The molecule has 0 aliphatic carbocycles. The van der Waals surface area contributed by atoms with Crippen LogP contribution in [-0.2, 0) is 6.54 Å². The first-order valence-corrected chi connectivity index (χ1v) is 7.49. The average Bonchev–Trinajstić information content (AvgIpc) is 2.99. The third kappa shape index (κ3) is 5.60.